The summed E-state index contributed by atoms with van der Waals surface area (Å²) in [5.41, 5.74) is 2.59. The molecule has 0 bridgehead atoms. The zero-order chi connectivity index (χ0) is 22.9. The first-order valence-electron chi connectivity index (χ1n) is 10.9. The Bertz CT molecular complexity index is 861. The number of hydrogen-bond acceptors (Lipinski definition) is 4. The number of aryl methyl sites for hydroxylation is 2. The average Bonchev–Trinajstić information content (AvgIpc) is 2.74. The first-order chi connectivity index (χ1) is 14.7. The van der Waals surface area contributed by atoms with Crippen molar-refractivity contribution in [3.05, 3.63) is 65.2 Å². The van der Waals surface area contributed by atoms with Gasteiger partial charge in [0.05, 0.1) is 13.2 Å². The molecule has 0 saturated carbocycles. The maximum absolute atomic E-state index is 13.0. The van der Waals surface area contributed by atoms with Crippen molar-refractivity contribution in [1.82, 2.24) is 5.32 Å². The van der Waals surface area contributed by atoms with Gasteiger partial charge in [-0.3, -0.25) is 4.79 Å². The van der Waals surface area contributed by atoms with Gasteiger partial charge in [0.1, 0.15) is 11.8 Å². The van der Waals surface area contributed by atoms with Crippen LogP contribution >= 0.6 is 0 Å². The maximum Gasteiger partial charge on any atom is 0.328 e. The van der Waals surface area contributed by atoms with E-state index in [1.165, 1.54) is 0 Å². The van der Waals surface area contributed by atoms with E-state index < -0.39 is 17.4 Å². The van der Waals surface area contributed by atoms with Gasteiger partial charge in [-0.25, -0.2) is 4.79 Å². The van der Waals surface area contributed by atoms with Gasteiger partial charge in [-0.1, -0.05) is 56.3 Å². The Balaban J connectivity index is 1.92. The molecule has 1 N–H and O–H groups in total. The number of carbonyl (C=O) groups excluding carboxylic acids is 2. The predicted molar refractivity (Wildman–Crippen MR) is 123 cm³/mol. The minimum atomic E-state index is -0.708. The molecular weight excluding hydrogens is 390 g/mol. The standard InChI is InChI=1S/C26H35NO4/c1-6-30-24(28)22(18-21-11-8-7-9-12-21)27-25(29)26(4,5)15-10-16-31-23-17-19(2)13-14-20(23)3/h7-9,11-14,17,22H,6,10,15-16,18H2,1-5H3,(H,27,29). The monoisotopic (exact) mass is 425 g/mol. The summed E-state index contributed by atoms with van der Waals surface area (Å²) < 4.78 is 11.1. The second kappa shape index (κ2) is 11.5. The summed E-state index contributed by atoms with van der Waals surface area (Å²) in [5, 5.41) is 2.91. The number of amides is 1. The summed E-state index contributed by atoms with van der Waals surface area (Å²) in [6.07, 6.45) is 1.78. The average molecular weight is 426 g/mol. The van der Waals surface area contributed by atoms with Crippen LogP contribution < -0.4 is 10.1 Å². The molecule has 1 unspecified atom stereocenters. The topological polar surface area (TPSA) is 64.6 Å². The number of nitrogens with one attached hydrogen (secondary N) is 1. The van der Waals surface area contributed by atoms with Crippen LogP contribution in [0.15, 0.2) is 48.5 Å². The SMILES string of the molecule is CCOC(=O)C(Cc1ccccc1)NC(=O)C(C)(C)CCCOc1cc(C)ccc1C. The molecule has 0 aliphatic heterocycles. The Morgan fingerprint density at radius 2 is 1.77 bits per heavy atom. The largest absolute Gasteiger partial charge is 0.493 e. The molecule has 1 amide bonds. The van der Waals surface area contributed by atoms with Crippen LogP contribution in [0.4, 0.5) is 0 Å². The highest BCUT2D eigenvalue weighted by Gasteiger charge is 2.31. The summed E-state index contributed by atoms with van der Waals surface area (Å²) in [5.74, 6) is 0.314. The van der Waals surface area contributed by atoms with Crippen LogP contribution in [0.1, 0.15) is 50.3 Å². The van der Waals surface area contributed by atoms with Crippen molar-refractivity contribution in [2.24, 2.45) is 5.41 Å². The molecule has 1 atom stereocenters. The van der Waals surface area contributed by atoms with E-state index in [1.54, 1.807) is 6.92 Å². The van der Waals surface area contributed by atoms with Crippen molar-refractivity contribution in [3.63, 3.8) is 0 Å². The number of benzene rings is 2. The van der Waals surface area contributed by atoms with Crippen molar-refractivity contribution in [1.29, 1.82) is 0 Å². The lowest BCUT2D eigenvalue weighted by molar-refractivity contribution is -0.148. The highest BCUT2D eigenvalue weighted by Crippen LogP contribution is 2.24. The molecule has 0 aliphatic rings. The highest BCUT2D eigenvalue weighted by atomic mass is 16.5. The van der Waals surface area contributed by atoms with E-state index in [-0.39, 0.29) is 12.5 Å². The molecule has 168 valence electrons. The zero-order valence-electron chi connectivity index (χ0n) is 19.4. The first-order valence-corrected chi connectivity index (χ1v) is 10.9. The number of rotatable bonds is 11. The van der Waals surface area contributed by atoms with Gasteiger partial charge in [0.15, 0.2) is 0 Å². The third-order valence-electron chi connectivity index (χ3n) is 5.32. The van der Waals surface area contributed by atoms with E-state index in [0.717, 1.165) is 28.9 Å². The Morgan fingerprint density at radius 3 is 2.45 bits per heavy atom. The van der Waals surface area contributed by atoms with E-state index in [9.17, 15) is 9.59 Å². The van der Waals surface area contributed by atoms with Gasteiger partial charge >= 0.3 is 5.97 Å². The molecule has 0 saturated heterocycles. The van der Waals surface area contributed by atoms with Crippen molar-refractivity contribution >= 4 is 11.9 Å². The highest BCUT2D eigenvalue weighted by molar-refractivity contribution is 5.87. The fourth-order valence-corrected chi connectivity index (χ4v) is 3.31. The summed E-state index contributed by atoms with van der Waals surface area (Å²) >= 11 is 0. The van der Waals surface area contributed by atoms with Gasteiger partial charge in [0.2, 0.25) is 5.91 Å². The van der Waals surface area contributed by atoms with Gasteiger partial charge in [-0.15, -0.1) is 0 Å². The van der Waals surface area contributed by atoms with Crippen LogP contribution in [0.3, 0.4) is 0 Å². The first kappa shape index (κ1) is 24.4. The van der Waals surface area contributed by atoms with Crippen molar-refractivity contribution in [2.45, 2.75) is 59.9 Å². The third kappa shape index (κ3) is 7.74. The zero-order valence-corrected chi connectivity index (χ0v) is 19.4. The van der Waals surface area contributed by atoms with Crippen LogP contribution in [0, 0.1) is 19.3 Å². The molecule has 5 nitrogen and oxygen atoms in total. The fourth-order valence-electron chi connectivity index (χ4n) is 3.31. The van der Waals surface area contributed by atoms with E-state index in [0.29, 0.717) is 19.4 Å². The van der Waals surface area contributed by atoms with Gasteiger partial charge in [0, 0.05) is 11.8 Å². The maximum atomic E-state index is 13.0. The van der Waals surface area contributed by atoms with Gasteiger partial charge in [-0.2, -0.15) is 0 Å². The summed E-state index contributed by atoms with van der Waals surface area (Å²) in [7, 11) is 0. The van der Waals surface area contributed by atoms with E-state index in [1.807, 2.05) is 70.2 Å². The van der Waals surface area contributed by atoms with Gasteiger partial charge in [0.25, 0.3) is 0 Å². The number of hydrogen-bond donors (Lipinski definition) is 1. The van der Waals surface area contributed by atoms with Crippen LogP contribution in [0.2, 0.25) is 0 Å². The molecule has 5 heteroatoms. The Labute approximate surface area is 186 Å². The summed E-state index contributed by atoms with van der Waals surface area (Å²) in [6.45, 7) is 10.4. The molecule has 2 rings (SSSR count). The number of carbonyl (C=O) groups is 2. The molecule has 0 radical (unpaired) electrons. The van der Waals surface area contributed by atoms with Crippen LogP contribution in [0.5, 0.6) is 5.75 Å². The Hall–Kier alpha value is -2.82. The second-order valence-electron chi connectivity index (χ2n) is 8.57. The minimum Gasteiger partial charge on any atom is -0.493 e. The van der Waals surface area contributed by atoms with E-state index in [2.05, 4.69) is 11.4 Å². The third-order valence-corrected chi connectivity index (χ3v) is 5.32. The minimum absolute atomic E-state index is 0.159. The molecule has 2 aromatic rings. The lowest BCUT2D eigenvalue weighted by Gasteiger charge is -2.27. The molecule has 0 spiro atoms. The van der Waals surface area contributed by atoms with Crippen molar-refractivity contribution in [3.8, 4) is 5.75 Å². The van der Waals surface area contributed by atoms with Gasteiger partial charge < -0.3 is 14.8 Å². The lowest BCUT2D eigenvalue weighted by atomic mass is 9.86. The quantitative estimate of drug-likeness (QED) is 0.416. The van der Waals surface area contributed by atoms with Gasteiger partial charge in [-0.05, 0) is 56.4 Å². The molecule has 0 aliphatic carbocycles. The van der Waals surface area contributed by atoms with Crippen LogP contribution in [0.25, 0.3) is 0 Å². The predicted octanol–water partition coefficient (Wildman–Crippen LogP) is 4.78. The molecule has 31 heavy (non-hydrogen) atoms. The molecule has 0 aromatic heterocycles. The van der Waals surface area contributed by atoms with Crippen LogP contribution in [-0.2, 0) is 20.7 Å². The van der Waals surface area contributed by atoms with Crippen molar-refractivity contribution < 1.29 is 19.1 Å². The Kier molecular flexibility index (Phi) is 9.10. The second-order valence-corrected chi connectivity index (χ2v) is 8.57. The molecule has 0 fully saturated rings. The summed E-state index contributed by atoms with van der Waals surface area (Å²) in [6, 6.07) is 15.1. The normalized spacial score (nSPS) is 12.2. The van der Waals surface area contributed by atoms with E-state index in [4.69, 9.17) is 9.47 Å². The van der Waals surface area contributed by atoms with Crippen molar-refractivity contribution in [2.75, 3.05) is 13.2 Å². The molecule has 0 heterocycles. The lowest BCUT2D eigenvalue weighted by Crippen LogP contribution is -2.48. The van der Waals surface area contributed by atoms with E-state index >= 15 is 0 Å². The number of ether oxygens (including phenoxy) is 2. The number of esters is 1. The fraction of sp³-hybridized carbons (Fsp3) is 0.462. The smallest absolute Gasteiger partial charge is 0.328 e. The molecule has 2 aromatic carbocycles. The molecular formula is C26H35NO4. The Morgan fingerprint density at radius 1 is 1.06 bits per heavy atom. The summed E-state index contributed by atoms with van der Waals surface area (Å²) in [4.78, 5) is 25.4. The van der Waals surface area contributed by atoms with Crippen LogP contribution in [-0.4, -0.2) is 31.1 Å².